The monoisotopic (exact) mass is 326 g/mol. The largest absolute Gasteiger partial charge is 0.339 e. The van der Waals surface area contributed by atoms with Crippen LogP contribution in [0.1, 0.15) is 41.6 Å². The molecule has 1 saturated heterocycles. The highest BCUT2D eigenvalue weighted by Crippen LogP contribution is 2.38. The average Bonchev–Trinajstić information content (AvgIpc) is 3.29. The number of carbonyl (C=O) groups is 1. The quantitative estimate of drug-likeness (QED) is 0.917. The zero-order valence-electron chi connectivity index (χ0n) is 13.9. The molecule has 2 amide bonds. The molecule has 126 valence electrons. The van der Waals surface area contributed by atoms with Gasteiger partial charge in [0.2, 0.25) is 5.89 Å². The second-order valence-electron chi connectivity index (χ2n) is 6.94. The fraction of sp³-hybridized carbons (Fsp3) is 0.500. The number of hydrogen-bond donors (Lipinski definition) is 1. The van der Waals surface area contributed by atoms with Gasteiger partial charge in [0, 0.05) is 19.0 Å². The molecule has 2 fully saturated rings. The van der Waals surface area contributed by atoms with E-state index in [1.165, 1.54) is 11.1 Å². The number of likely N-dealkylation sites (tertiary alicyclic amines) is 1. The standard InChI is InChI=1S/C18H22N4O2/c1-12-2-4-13(5-3-12)8-14-10-22(11-14)18(23)19-9-16-20-17(24-21-16)15-6-7-15/h2-5,14-15H,6-11H2,1H3,(H,19,23). The van der Waals surface area contributed by atoms with E-state index in [1.807, 2.05) is 4.90 Å². The summed E-state index contributed by atoms with van der Waals surface area (Å²) in [7, 11) is 0. The zero-order valence-corrected chi connectivity index (χ0v) is 13.9. The number of nitrogens with zero attached hydrogens (tertiary/aromatic N) is 3. The van der Waals surface area contributed by atoms with Crippen LogP contribution in [-0.2, 0) is 13.0 Å². The van der Waals surface area contributed by atoms with E-state index in [0.717, 1.165) is 32.4 Å². The fourth-order valence-corrected chi connectivity index (χ4v) is 3.02. The summed E-state index contributed by atoms with van der Waals surface area (Å²) >= 11 is 0. The van der Waals surface area contributed by atoms with Crippen LogP contribution in [0.4, 0.5) is 4.79 Å². The van der Waals surface area contributed by atoms with E-state index in [9.17, 15) is 4.79 Å². The van der Waals surface area contributed by atoms with Crippen molar-refractivity contribution >= 4 is 6.03 Å². The van der Waals surface area contributed by atoms with Crippen LogP contribution < -0.4 is 5.32 Å². The molecule has 2 aliphatic rings. The lowest BCUT2D eigenvalue weighted by molar-refractivity contribution is 0.120. The third kappa shape index (κ3) is 3.42. The Kier molecular flexibility index (Phi) is 3.96. The molecule has 1 aliphatic heterocycles. The molecule has 0 atom stereocenters. The van der Waals surface area contributed by atoms with E-state index in [4.69, 9.17) is 4.52 Å². The number of benzene rings is 1. The summed E-state index contributed by atoms with van der Waals surface area (Å²) in [5.74, 6) is 2.26. The van der Waals surface area contributed by atoms with Crippen molar-refractivity contribution in [2.75, 3.05) is 13.1 Å². The Labute approximate surface area is 141 Å². The Hall–Kier alpha value is -2.37. The maximum atomic E-state index is 12.1. The summed E-state index contributed by atoms with van der Waals surface area (Å²) in [6.07, 6.45) is 3.29. The second kappa shape index (κ2) is 6.26. The van der Waals surface area contributed by atoms with Crippen molar-refractivity contribution in [3.63, 3.8) is 0 Å². The molecule has 4 rings (SSSR count). The van der Waals surface area contributed by atoms with Gasteiger partial charge in [-0.25, -0.2) is 4.79 Å². The molecule has 1 N–H and O–H groups in total. The molecular formula is C18H22N4O2. The van der Waals surface area contributed by atoms with Crippen molar-refractivity contribution in [3.8, 4) is 0 Å². The number of aromatic nitrogens is 2. The molecule has 2 aromatic rings. The summed E-state index contributed by atoms with van der Waals surface area (Å²) in [6, 6.07) is 8.57. The number of amides is 2. The molecule has 1 aliphatic carbocycles. The average molecular weight is 326 g/mol. The molecule has 0 spiro atoms. The number of rotatable bonds is 5. The van der Waals surface area contributed by atoms with Crippen molar-refractivity contribution in [2.45, 2.75) is 38.6 Å². The molecule has 0 bridgehead atoms. The highest BCUT2D eigenvalue weighted by molar-refractivity contribution is 5.74. The van der Waals surface area contributed by atoms with Crippen LogP contribution in [-0.4, -0.2) is 34.2 Å². The van der Waals surface area contributed by atoms with Gasteiger partial charge < -0.3 is 14.7 Å². The lowest BCUT2D eigenvalue weighted by Gasteiger charge is -2.39. The van der Waals surface area contributed by atoms with Gasteiger partial charge in [0.25, 0.3) is 0 Å². The van der Waals surface area contributed by atoms with Crippen molar-refractivity contribution in [2.24, 2.45) is 5.92 Å². The van der Waals surface area contributed by atoms with Crippen LogP contribution in [0.3, 0.4) is 0 Å². The third-order valence-corrected chi connectivity index (χ3v) is 4.70. The van der Waals surface area contributed by atoms with Crippen LogP contribution in [0.15, 0.2) is 28.8 Å². The Bertz CT molecular complexity index is 715. The first-order valence-electron chi connectivity index (χ1n) is 8.58. The molecule has 24 heavy (non-hydrogen) atoms. The van der Waals surface area contributed by atoms with E-state index < -0.39 is 0 Å². The first kappa shape index (κ1) is 15.2. The SMILES string of the molecule is Cc1ccc(CC2CN(C(=O)NCc3noc(C4CC4)n3)C2)cc1. The fourth-order valence-electron chi connectivity index (χ4n) is 3.02. The van der Waals surface area contributed by atoms with Crippen molar-refractivity contribution in [1.29, 1.82) is 0 Å². The van der Waals surface area contributed by atoms with Gasteiger partial charge in [0.15, 0.2) is 5.82 Å². The molecular weight excluding hydrogens is 304 g/mol. The maximum Gasteiger partial charge on any atom is 0.317 e. The Balaban J connectivity index is 1.20. The molecule has 1 saturated carbocycles. The molecule has 1 aromatic heterocycles. The van der Waals surface area contributed by atoms with Crippen LogP contribution in [0.25, 0.3) is 0 Å². The van der Waals surface area contributed by atoms with Crippen LogP contribution in [0.2, 0.25) is 0 Å². The summed E-state index contributed by atoms with van der Waals surface area (Å²) in [4.78, 5) is 18.3. The van der Waals surface area contributed by atoms with Crippen LogP contribution >= 0.6 is 0 Å². The number of nitrogens with one attached hydrogen (secondary N) is 1. The van der Waals surface area contributed by atoms with Crippen LogP contribution in [0, 0.1) is 12.8 Å². The minimum atomic E-state index is -0.0482. The summed E-state index contributed by atoms with van der Waals surface area (Å²) in [6.45, 7) is 4.03. The van der Waals surface area contributed by atoms with Gasteiger partial charge in [-0.3, -0.25) is 0 Å². The topological polar surface area (TPSA) is 71.3 Å². The summed E-state index contributed by atoms with van der Waals surface area (Å²) in [5.41, 5.74) is 2.62. The Morgan fingerprint density at radius 3 is 2.75 bits per heavy atom. The van der Waals surface area contributed by atoms with Gasteiger partial charge in [0.05, 0.1) is 6.54 Å². The summed E-state index contributed by atoms with van der Waals surface area (Å²) in [5, 5.41) is 6.78. The number of aryl methyl sites for hydroxylation is 1. The van der Waals surface area contributed by atoms with E-state index in [2.05, 4.69) is 46.6 Å². The summed E-state index contributed by atoms with van der Waals surface area (Å²) < 4.78 is 5.19. The predicted molar refractivity (Wildman–Crippen MR) is 88.5 cm³/mol. The van der Waals surface area contributed by atoms with E-state index in [1.54, 1.807) is 0 Å². The normalized spacial score (nSPS) is 17.6. The lowest BCUT2D eigenvalue weighted by Crippen LogP contribution is -2.54. The minimum Gasteiger partial charge on any atom is -0.339 e. The highest BCUT2D eigenvalue weighted by atomic mass is 16.5. The van der Waals surface area contributed by atoms with Crippen molar-refractivity contribution < 1.29 is 9.32 Å². The molecule has 1 aromatic carbocycles. The second-order valence-corrected chi connectivity index (χ2v) is 6.94. The first-order chi connectivity index (χ1) is 11.7. The minimum absolute atomic E-state index is 0.0482. The highest BCUT2D eigenvalue weighted by Gasteiger charge is 2.31. The first-order valence-corrected chi connectivity index (χ1v) is 8.58. The zero-order chi connectivity index (χ0) is 16.5. The Morgan fingerprint density at radius 1 is 1.29 bits per heavy atom. The number of hydrogen-bond acceptors (Lipinski definition) is 4. The predicted octanol–water partition coefficient (Wildman–Crippen LogP) is 2.64. The smallest absolute Gasteiger partial charge is 0.317 e. The third-order valence-electron chi connectivity index (χ3n) is 4.70. The molecule has 6 heteroatoms. The number of urea groups is 1. The van der Waals surface area contributed by atoms with Crippen LogP contribution in [0.5, 0.6) is 0 Å². The van der Waals surface area contributed by atoms with Crippen molar-refractivity contribution in [3.05, 3.63) is 47.1 Å². The Morgan fingerprint density at radius 2 is 2.04 bits per heavy atom. The van der Waals surface area contributed by atoms with Gasteiger partial charge in [-0.05, 0) is 37.7 Å². The molecule has 0 unspecified atom stereocenters. The van der Waals surface area contributed by atoms with Gasteiger partial charge >= 0.3 is 6.03 Å². The van der Waals surface area contributed by atoms with E-state index in [-0.39, 0.29) is 6.03 Å². The number of carbonyl (C=O) groups excluding carboxylic acids is 1. The van der Waals surface area contributed by atoms with Crippen molar-refractivity contribution in [1.82, 2.24) is 20.4 Å². The molecule has 6 nitrogen and oxygen atoms in total. The lowest BCUT2D eigenvalue weighted by atomic mass is 9.92. The molecule has 2 heterocycles. The maximum absolute atomic E-state index is 12.1. The van der Waals surface area contributed by atoms with Gasteiger partial charge in [0.1, 0.15) is 0 Å². The van der Waals surface area contributed by atoms with Gasteiger partial charge in [-0.2, -0.15) is 4.98 Å². The van der Waals surface area contributed by atoms with E-state index >= 15 is 0 Å². The van der Waals surface area contributed by atoms with Gasteiger partial charge in [-0.1, -0.05) is 35.0 Å². The van der Waals surface area contributed by atoms with E-state index in [0.29, 0.717) is 30.1 Å². The van der Waals surface area contributed by atoms with Gasteiger partial charge in [-0.15, -0.1) is 0 Å². The molecule has 0 radical (unpaired) electrons.